The maximum absolute atomic E-state index is 8.54. The standard InChI is InChI=1S/C7H4N4S/c8-1-5-3-11-4-7(12)9-2-6(11)10-5/h2-4,12H. The average molecular weight is 176 g/mol. The van der Waals surface area contributed by atoms with Crippen LogP contribution in [0.1, 0.15) is 5.69 Å². The van der Waals surface area contributed by atoms with Crippen molar-refractivity contribution in [3.8, 4) is 6.07 Å². The minimum atomic E-state index is 0.385. The van der Waals surface area contributed by atoms with E-state index in [0.29, 0.717) is 16.4 Å². The van der Waals surface area contributed by atoms with Crippen molar-refractivity contribution in [3.63, 3.8) is 0 Å². The summed E-state index contributed by atoms with van der Waals surface area (Å²) in [4.78, 5) is 7.90. The number of fused-ring (bicyclic) bond motifs is 1. The Bertz CT molecular complexity index is 468. The van der Waals surface area contributed by atoms with Crippen molar-refractivity contribution in [1.29, 1.82) is 5.26 Å². The smallest absolute Gasteiger partial charge is 0.159 e. The Morgan fingerprint density at radius 2 is 2.33 bits per heavy atom. The Kier molecular flexibility index (Phi) is 1.48. The zero-order valence-electron chi connectivity index (χ0n) is 5.97. The molecular weight excluding hydrogens is 172 g/mol. The van der Waals surface area contributed by atoms with E-state index in [9.17, 15) is 0 Å². The minimum absolute atomic E-state index is 0.385. The van der Waals surface area contributed by atoms with Crippen molar-refractivity contribution in [1.82, 2.24) is 14.4 Å². The Hall–Kier alpha value is -1.54. The topological polar surface area (TPSA) is 54.0 Å². The predicted octanol–water partition coefficient (Wildman–Crippen LogP) is 0.890. The summed E-state index contributed by atoms with van der Waals surface area (Å²) in [7, 11) is 0. The van der Waals surface area contributed by atoms with Crippen LogP contribution in [0, 0.1) is 11.3 Å². The second-order valence-electron chi connectivity index (χ2n) is 2.25. The van der Waals surface area contributed by atoms with Crippen LogP contribution in [0.5, 0.6) is 0 Å². The van der Waals surface area contributed by atoms with Crippen LogP contribution in [-0.4, -0.2) is 14.4 Å². The monoisotopic (exact) mass is 176 g/mol. The Morgan fingerprint density at radius 3 is 3.08 bits per heavy atom. The molecule has 0 amide bonds. The Morgan fingerprint density at radius 1 is 1.50 bits per heavy atom. The lowest BCUT2D eigenvalue weighted by atomic mass is 10.5. The molecule has 2 rings (SSSR count). The number of nitrogens with zero attached hydrogens (tertiary/aromatic N) is 4. The van der Waals surface area contributed by atoms with Crippen molar-refractivity contribution >= 4 is 18.3 Å². The summed E-state index contributed by atoms with van der Waals surface area (Å²) in [6.07, 6.45) is 4.91. The van der Waals surface area contributed by atoms with Gasteiger partial charge in [0.2, 0.25) is 0 Å². The zero-order chi connectivity index (χ0) is 8.55. The highest BCUT2D eigenvalue weighted by Gasteiger charge is 1.99. The molecule has 2 aromatic rings. The minimum Gasteiger partial charge on any atom is -0.302 e. The first-order valence-electron chi connectivity index (χ1n) is 3.23. The number of aromatic nitrogens is 3. The lowest BCUT2D eigenvalue weighted by molar-refractivity contribution is 1.02. The highest BCUT2D eigenvalue weighted by Crippen LogP contribution is 2.06. The van der Waals surface area contributed by atoms with Crippen LogP contribution in [0.2, 0.25) is 0 Å². The summed E-state index contributed by atoms with van der Waals surface area (Å²) in [6.45, 7) is 0. The molecule has 2 aromatic heterocycles. The van der Waals surface area contributed by atoms with Gasteiger partial charge >= 0.3 is 0 Å². The van der Waals surface area contributed by atoms with Gasteiger partial charge in [-0.25, -0.2) is 9.97 Å². The first-order valence-corrected chi connectivity index (χ1v) is 3.68. The first kappa shape index (κ1) is 7.13. The predicted molar refractivity (Wildman–Crippen MR) is 45.0 cm³/mol. The van der Waals surface area contributed by atoms with Crippen molar-refractivity contribution in [2.24, 2.45) is 0 Å². The van der Waals surface area contributed by atoms with Gasteiger partial charge in [0.05, 0.1) is 6.20 Å². The average Bonchev–Trinajstić information content (AvgIpc) is 2.46. The van der Waals surface area contributed by atoms with Gasteiger partial charge in [0.1, 0.15) is 11.1 Å². The maximum Gasteiger partial charge on any atom is 0.159 e. The SMILES string of the molecule is N#Cc1cn2cc(S)ncc2n1. The molecule has 0 fully saturated rings. The van der Waals surface area contributed by atoms with Crippen LogP contribution in [0.3, 0.4) is 0 Å². The molecule has 0 aromatic carbocycles. The number of hydrogen-bond donors (Lipinski definition) is 1. The van der Waals surface area contributed by atoms with E-state index in [1.54, 1.807) is 23.0 Å². The van der Waals surface area contributed by atoms with Crippen molar-refractivity contribution in [2.75, 3.05) is 0 Å². The van der Waals surface area contributed by atoms with Crippen LogP contribution < -0.4 is 0 Å². The van der Waals surface area contributed by atoms with E-state index in [1.165, 1.54) is 0 Å². The number of thiol groups is 1. The number of rotatable bonds is 0. The molecule has 5 heteroatoms. The summed E-state index contributed by atoms with van der Waals surface area (Å²) in [5.41, 5.74) is 1.04. The molecule has 0 saturated heterocycles. The molecule has 0 spiro atoms. The molecule has 0 aliphatic heterocycles. The van der Waals surface area contributed by atoms with Crippen LogP contribution in [0.4, 0.5) is 0 Å². The van der Waals surface area contributed by atoms with Crippen molar-refractivity contribution in [3.05, 3.63) is 24.3 Å². The van der Waals surface area contributed by atoms with Gasteiger partial charge in [-0.2, -0.15) is 5.26 Å². The number of imidazole rings is 1. The Labute approximate surface area is 73.9 Å². The van der Waals surface area contributed by atoms with Crippen LogP contribution in [-0.2, 0) is 0 Å². The van der Waals surface area contributed by atoms with Crippen molar-refractivity contribution in [2.45, 2.75) is 5.03 Å². The van der Waals surface area contributed by atoms with Gasteiger partial charge in [-0.1, -0.05) is 0 Å². The summed E-state index contributed by atoms with van der Waals surface area (Å²) in [5, 5.41) is 9.14. The van der Waals surface area contributed by atoms with Gasteiger partial charge < -0.3 is 4.40 Å². The van der Waals surface area contributed by atoms with Gasteiger partial charge in [-0.3, -0.25) is 0 Å². The van der Waals surface area contributed by atoms with Crippen LogP contribution >= 0.6 is 12.6 Å². The molecule has 0 atom stereocenters. The van der Waals surface area contributed by atoms with Crippen LogP contribution in [0.25, 0.3) is 5.65 Å². The normalized spacial score (nSPS) is 10.0. The molecule has 12 heavy (non-hydrogen) atoms. The number of nitriles is 1. The van der Waals surface area contributed by atoms with E-state index in [-0.39, 0.29) is 0 Å². The summed E-state index contributed by atoms with van der Waals surface area (Å²) in [5.74, 6) is 0. The third kappa shape index (κ3) is 1.02. The Balaban J connectivity index is 2.77. The van der Waals surface area contributed by atoms with E-state index in [2.05, 4.69) is 22.6 Å². The van der Waals surface area contributed by atoms with E-state index in [4.69, 9.17) is 5.26 Å². The molecule has 2 heterocycles. The van der Waals surface area contributed by atoms with E-state index in [1.807, 2.05) is 6.07 Å². The quantitative estimate of drug-likeness (QED) is 0.606. The number of hydrogen-bond acceptors (Lipinski definition) is 4. The van der Waals surface area contributed by atoms with Crippen molar-refractivity contribution < 1.29 is 0 Å². The first-order chi connectivity index (χ1) is 5.79. The molecule has 0 saturated carbocycles. The van der Waals surface area contributed by atoms with E-state index < -0.39 is 0 Å². The van der Waals surface area contributed by atoms with E-state index >= 15 is 0 Å². The highest BCUT2D eigenvalue weighted by molar-refractivity contribution is 7.80. The molecule has 0 aliphatic carbocycles. The highest BCUT2D eigenvalue weighted by atomic mass is 32.1. The second kappa shape index (κ2) is 2.50. The largest absolute Gasteiger partial charge is 0.302 e. The third-order valence-electron chi connectivity index (χ3n) is 1.44. The van der Waals surface area contributed by atoms with Gasteiger partial charge in [0.25, 0.3) is 0 Å². The molecule has 0 radical (unpaired) electrons. The lowest BCUT2D eigenvalue weighted by Crippen LogP contribution is -1.84. The molecule has 0 aliphatic rings. The molecule has 58 valence electrons. The van der Waals surface area contributed by atoms with Gasteiger partial charge in [0.15, 0.2) is 11.3 Å². The van der Waals surface area contributed by atoms with Gasteiger partial charge in [-0.05, 0) is 0 Å². The third-order valence-corrected chi connectivity index (χ3v) is 1.67. The maximum atomic E-state index is 8.54. The summed E-state index contributed by atoms with van der Waals surface area (Å²) in [6, 6.07) is 1.95. The summed E-state index contributed by atoms with van der Waals surface area (Å²) >= 11 is 4.06. The molecular formula is C7H4N4S. The molecule has 0 bridgehead atoms. The molecule has 0 N–H and O–H groups in total. The fraction of sp³-hybridized carbons (Fsp3) is 0. The lowest BCUT2D eigenvalue weighted by Gasteiger charge is -1.91. The zero-order valence-corrected chi connectivity index (χ0v) is 6.86. The molecule has 0 unspecified atom stereocenters. The fourth-order valence-corrected chi connectivity index (χ4v) is 1.12. The fourth-order valence-electron chi connectivity index (χ4n) is 0.942. The second-order valence-corrected chi connectivity index (χ2v) is 2.71. The molecule has 4 nitrogen and oxygen atoms in total. The van der Waals surface area contributed by atoms with Gasteiger partial charge in [0, 0.05) is 12.4 Å². The van der Waals surface area contributed by atoms with Crippen LogP contribution in [0.15, 0.2) is 23.6 Å². The van der Waals surface area contributed by atoms with E-state index in [0.717, 1.165) is 0 Å². The summed E-state index contributed by atoms with van der Waals surface area (Å²) < 4.78 is 1.72. The van der Waals surface area contributed by atoms with Gasteiger partial charge in [-0.15, -0.1) is 12.6 Å².